The summed E-state index contributed by atoms with van der Waals surface area (Å²) in [5, 5.41) is 1.87. The maximum absolute atomic E-state index is 12.9. The quantitative estimate of drug-likeness (QED) is 0.494. The normalized spacial score (nSPS) is 18.0. The molecule has 118 valence electrons. The lowest BCUT2D eigenvalue weighted by Gasteiger charge is -2.27. The molecule has 1 heterocycles. The van der Waals surface area contributed by atoms with Gasteiger partial charge in [-0.3, -0.25) is 19.3 Å². The molecule has 0 bridgehead atoms. The van der Waals surface area contributed by atoms with Crippen LogP contribution < -0.4 is 4.74 Å². The van der Waals surface area contributed by atoms with Crippen LogP contribution in [0.4, 0.5) is 0 Å². The van der Waals surface area contributed by atoms with E-state index in [0.29, 0.717) is 37.1 Å². The number of hydrogen-bond acceptors (Lipinski definition) is 4. The number of ether oxygens (including phenoxy) is 1. The summed E-state index contributed by atoms with van der Waals surface area (Å²) in [6, 6.07) is 11.2. The zero-order chi connectivity index (χ0) is 16.4. The molecule has 0 radical (unpaired) electrons. The van der Waals surface area contributed by atoms with Crippen molar-refractivity contribution >= 4 is 28.9 Å². The van der Waals surface area contributed by atoms with Crippen molar-refractivity contribution in [3.05, 3.63) is 42.0 Å². The van der Waals surface area contributed by atoms with Crippen LogP contribution in [0.25, 0.3) is 10.8 Å². The monoisotopic (exact) mass is 311 g/mol. The molecule has 3 rings (SSSR count). The molecular weight excluding hydrogens is 294 g/mol. The highest BCUT2D eigenvalue weighted by atomic mass is 16.5. The summed E-state index contributed by atoms with van der Waals surface area (Å²) in [6.45, 7) is 0.376. The van der Waals surface area contributed by atoms with Gasteiger partial charge in [-0.15, -0.1) is 0 Å². The van der Waals surface area contributed by atoms with Crippen molar-refractivity contribution in [1.29, 1.82) is 0 Å². The number of amides is 2. The van der Waals surface area contributed by atoms with Crippen LogP contribution in [0.2, 0.25) is 0 Å². The molecule has 0 unspecified atom stereocenters. The number of fused-ring (bicyclic) bond motifs is 1. The molecule has 1 aliphatic rings. The lowest BCUT2D eigenvalue weighted by atomic mass is 9.88. The Kier molecular flexibility index (Phi) is 4.10. The average molecular weight is 311 g/mol. The van der Waals surface area contributed by atoms with Crippen molar-refractivity contribution in [3.8, 4) is 5.75 Å². The van der Waals surface area contributed by atoms with E-state index in [1.807, 2.05) is 24.3 Å². The fourth-order valence-corrected chi connectivity index (χ4v) is 3.02. The van der Waals surface area contributed by atoms with Crippen LogP contribution in [0.1, 0.15) is 23.2 Å². The molecule has 1 atom stereocenters. The van der Waals surface area contributed by atoms with E-state index in [9.17, 15) is 14.4 Å². The number of benzene rings is 2. The molecule has 5 heteroatoms. The molecule has 0 N–H and O–H groups in total. The number of ketones is 1. The highest BCUT2D eigenvalue weighted by molar-refractivity contribution is 6.14. The minimum absolute atomic E-state index is 0.288. The first-order valence-electron chi connectivity index (χ1n) is 7.52. The van der Waals surface area contributed by atoms with E-state index in [4.69, 9.17) is 4.74 Å². The molecule has 0 aliphatic carbocycles. The Bertz CT molecular complexity index is 784. The number of likely N-dealkylation sites (tertiary alicyclic amines) is 1. The first kappa shape index (κ1) is 15.2. The van der Waals surface area contributed by atoms with Gasteiger partial charge in [0.05, 0.1) is 12.7 Å². The van der Waals surface area contributed by atoms with E-state index in [0.717, 1.165) is 15.7 Å². The molecule has 2 aromatic carbocycles. The summed E-state index contributed by atoms with van der Waals surface area (Å²) < 4.78 is 5.34. The summed E-state index contributed by atoms with van der Waals surface area (Å²) >= 11 is 0. The van der Waals surface area contributed by atoms with Gasteiger partial charge in [-0.05, 0) is 35.7 Å². The molecule has 1 fully saturated rings. The van der Waals surface area contributed by atoms with Crippen LogP contribution in [0.5, 0.6) is 5.75 Å². The molecule has 1 aliphatic heterocycles. The molecule has 0 saturated carbocycles. The number of carbonyl (C=O) groups is 3. The third-order valence-electron chi connectivity index (χ3n) is 4.25. The fourth-order valence-electron chi connectivity index (χ4n) is 3.02. The number of hydrogen-bond donors (Lipinski definition) is 0. The molecule has 2 aromatic rings. The van der Waals surface area contributed by atoms with E-state index in [-0.39, 0.29) is 5.78 Å². The lowest BCUT2D eigenvalue weighted by Crippen LogP contribution is -2.43. The van der Waals surface area contributed by atoms with E-state index >= 15 is 0 Å². The minimum atomic E-state index is -0.816. The Labute approximate surface area is 133 Å². The lowest BCUT2D eigenvalue weighted by molar-refractivity contribution is -0.142. The highest BCUT2D eigenvalue weighted by Gasteiger charge is 2.35. The van der Waals surface area contributed by atoms with Gasteiger partial charge in [-0.25, -0.2) is 0 Å². The van der Waals surface area contributed by atoms with Crippen molar-refractivity contribution in [1.82, 2.24) is 4.90 Å². The number of piperidine rings is 1. The number of nitrogens with zero attached hydrogens (tertiary/aromatic N) is 1. The predicted molar refractivity (Wildman–Crippen MR) is 85.3 cm³/mol. The van der Waals surface area contributed by atoms with E-state index < -0.39 is 11.8 Å². The molecule has 1 saturated heterocycles. The zero-order valence-electron chi connectivity index (χ0n) is 12.8. The van der Waals surface area contributed by atoms with Crippen LogP contribution in [-0.4, -0.2) is 36.7 Å². The van der Waals surface area contributed by atoms with E-state index in [2.05, 4.69) is 0 Å². The molecule has 23 heavy (non-hydrogen) atoms. The Morgan fingerprint density at radius 3 is 2.61 bits per heavy atom. The second-order valence-electron chi connectivity index (χ2n) is 5.60. The van der Waals surface area contributed by atoms with Crippen LogP contribution in [0.15, 0.2) is 36.4 Å². The van der Waals surface area contributed by atoms with Crippen molar-refractivity contribution in [2.75, 3.05) is 13.7 Å². The van der Waals surface area contributed by atoms with Crippen LogP contribution >= 0.6 is 0 Å². The zero-order valence-corrected chi connectivity index (χ0v) is 12.8. The van der Waals surface area contributed by atoms with Crippen molar-refractivity contribution < 1.29 is 19.1 Å². The molecule has 0 aromatic heterocycles. The third kappa shape index (κ3) is 2.70. The number of methoxy groups -OCH3 is 1. The second kappa shape index (κ2) is 6.20. The summed E-state index contributed by atoms with van der Waals surface area (Å²) in [7, 11) is 1.50. The van der Waals surface area contributed by atoms with Gasteiger partial charge in [0.25, 0.3) is 0 Å². The van der Waals surface area contributed by atoms with Crippen molar-refractivity contribution in [2.45, 2.75) is 12.8 Å². The van der Waals surface area contributed by atoms with Crippen LogP contribution in [0.3, 0.4) is 0 Å². The van der Waals surface area contributed by atoms with Gasteiger partial charge in [0.2, 0.25) is 12.3 Å². The number of Topliss-reactive ketones (excluding diaryl/α,β-unsaturated/α-hetero) is 1. The smallest absolute Gasteiger partial charge is 0.239 e. The average Bonchev–Trinajstić information content (AvgIpc) is 2.60. The molecular formula is C18H17NO4. The number of carbonyl (C=O) groups excluding carboxylic acids is 3. The first-order chi connectivity index (χ1) is 11.2. The molecule has 5 nitrogen and oxygen atoms in total. The Balaban J connectivity index is 2.02. The Morgan fingerprint density at radius 2 is 1.96 bits per heavy atom. The highest BCUT2D eigenvalue weighted by Crippen LogP contribution is 2.30. The molecule has 0 spiro atoms. The standard InChI is InChI=1S/C18H17NO4/c1-23-16-10-13-6-3-2-5-12(13)9-15(16)17(21)14-7-4-8-19(11-20)18(14)22/h2-3,5-6,9-11,14H,4,7-8H2,1H3/t14-/m0/s1. The van der Waals surface area contributed by atoms with Crippen molar-refractivity contribution in [2.24, 2.45) is 5.92 Å². The van der Waals surface area contributed by atoms with Gasteiger partial charge in [-0.1, -0.05) is 24.3 Å². The van der Waals surface area contributed by atoms with Crippen LogP contribution in [-0.2, 0) is 9.59 Å². The van der Waals surface area contributed by atoms with Crippen molar-refractivity contribution in [3.63, 3.8) is 0 Å². The predicted octanol–water partition coefficient (Wildman–Crippen LogP) is 2.43. The van der Waals surface area contributed by atoms with Gasteiger partial charge < -0.3 is 4.74 Å². The Hall–Kier alpha value is -2.69. The summed E-state index contributed by atoms with van der Waals surface area (Å²) in [4.78, 5) is 37.1. The number of rotatable bonds is 4. The third-order valence-corrected chi connectivity index (χ3v) is 4.25. The van der Waals surface area contributed by atoms with Gasteiger partial charge in [0, 0.05) is 6.54 Å². The van der Waals surface area contributed by atoms with E-state index in [1.54, 1.807) is 12.1 Å². The topological polar surface area (TPSA) is 63.7 Å². The summed E-state index contributed by atoms with van der Waals surface area (Å²) in [6.07, 6.45) is 1.59. The van der Waals surface area contributed by atoms with Gasteiger partial charge >= 0.3 is 0 Å². The summed E-state index contributed by atoms with van der Waals surface area (Å²) in [5.41, 5.74) is 0.386. The van der Waals surface area contributed by atoms with E-state index in [1.165, 1.54) is 7.11 Å². The maximum Gasteiger partial charge on any atom is 0.239 e. The SMILES string of the molecule is COc1cc2ccccc2cc1C(=O)[C@@H]1CCCN(C=O)C1=O. The van der Waals surface area contributed by atoms with Crippen LogP contribution in [0, 0.1) is 5.92 Å². The van der Waals surface area contributed by atoms with Gasteiger partial charge in [0.15, 0.2) is 5.78 Å². The fraction of sp³-hybridized carbons (Fsp3) is 0.278. The molecule has 2 amide bonds. The van der Waals surface area contributed by atoms with Gasteiger partial charge in [0.1, 0.15) is 11.7 Å². The second-order valence-corrected chi connectivity index (χ2v) is 5.60. The first-order valence-corrected chi connectivity index (χ1v) is 7.52. The summed E-state index contributed by atoms with van der Waals surface area (Å²) in [5.74, 6) is -1.08. The largest absolute Gasteiger partial charge is 0.496 e. The minimum Gasteiger partial charge on any atom is -0.496 e. The Morgan fingerprint density at radius 1 is 1.26 bits per heavy atom. The number of imide groups is 1. The maximum atomic E-state index is 12.9. The van der Waals surface area contributed by atoms with Gasteiger partial charge in [-0.2, -0.15) is 0 Å².